The molecular weight excluding hydrogens is 268 g/mol. The second-order valence-electron chi connectivity index (χ2n) is 5.21. The van der Waals surface area contributed by atoms with E-state index >= 15 is 0 Å². The molecule has 6 heteroatoms. The lowest BCUT2D eigenvalue weighted by molar-refractivity contribution is -0.153. The summed E-state index contributed by atoms with van der Waals surface area (Å²) in [5.41, 5.74) is 0.350. The fourth-order valence-corrected chi connectivity index (χ4v) is 1.48. The van der Waals surface area contributed by atoms with Gasteiger partial charge in [-0.05, 0) is 38.5 Å². The fourth-order valence-electron chi connectivity index (χ4n) is 1.48. The zero-order valence-electron chi connectivity index (χ0n) is 11.8. The molecule has 0 heterocycles. The molecule has 0 amide bonds. The Kier molecular flexibility index (Phi) is 5.88. The average Bonchev–Trinajstić information content (AvgIpc) is 2.28. The summed E-state index contributed by atoms with van der Waals surface area (Å²) in [6.45, 7) is 3.10. The lowest BCUT2D eigenvalue weighted by Crippen LogP contribution is -2.31. The third kappa shape index (κ3) is 7.04. The first-order chi connectivity index (χ1) is 9.26. The normalized spacial score (nSPS) is 11.5. The van der Waals surface area contributed by atoms with Gasteiger partial charge in [-0.3, -0.25) is 4.79 Å². The smallest absolute Gasteiger partial charge is 0.387 e. The Morgan fingerprint density at radius 3 is 2.35 bits per heavy atom. The van der Waals surface area contributed by atoms with Crippen LogP contribution < -0.4 is 10.1 Å². The molecule has 112 valence electrons. The highest BCUT2D eigenvalue weighted by Gasteiger charge is 2.15. The summed E-state index contributed by atoms with van der Waals surface area (Å²) < 4.78 is 33.3. The van der Waals surface area contributed by atoms with Crippen LogP contribution in [0.5, 0.6) is 5.75 Å². The molecule has 0 saturated carbocycles. The molecule has 0 saturated heterocycles. The van der Waals surface area contributed by atoms with E-state index in [4.69, 9.17) is 4.74 Å². The van der Waals surface area contributed by atoms with Crippen LogP contribution in [0.2, 0.25) is 0 Å². The van der Waals surface area contributed by atoms with Gasteiger partial charge in [0.2, 0.25) is 0 Å². The molecule has 1 aromatic carbocycles. The largest absolute Gasteiger partial charge is 0.459 e. The predicted octanol–water partition coefficient (Wildman–Crippen LogP) is 2.72. The number of carbonyl (C=O) groups excluding carboxylic acids is 1. The minimum atomic E-state index is -2.83. The Bertz CT molecular complexity index is 427. The highest BCUT2D eigenvalue weighted by Crippen LogP contribution is 2.14. The maximum Gasteiger partial charge on any atom is 0.387 e. The van der Waals surface area contributed by atoms with E-state index in [1.54, 1.807) is 32.9 Å². The number of rotatable bonds is 6. The van der Waals surface area contributed by atoms with E-state index in [-0.39, 0.29) is 18.3 Å². The number of alkyl halides is 2. The Morgan fingerprint density at radius 1 is 1.25 bits per heavy atom. The molecule has 0 aliphatic heterocycles. The molecule has 0 radical (unpaired) electrons. The third-order valence-corrected chi connectivity index (χ3v) is 2.17. The molecule has 0 unspecified atom stereocenters. The van der Waals surface area contributed by atoms with Gasteiger partial charge >= 0.3 is 12.6 Å². The van der Waals surface area contributed by atoms with Crippen molar-refractivity contribution in [1.29, 1.82) is 0 Å². The summed E-state index contributed by atoms with van der Waals surface area (Å²) in [5.74, 6) is -0.231. The first kappa shape index (κ1) is 16.4. The van der Waals surface area contributed by atoms with Gasteiger partial charge in [0.1, 0.15) is 11.4 Å². The molecule has 4 nitrogen and oxygen atoms in total. The van der Waals surface area contributed by atoms with Crippen LogP contribution in [0.1, 0.15) is 26.3 Å². The second kappa shape index (κ2) is 7.19. The molecule has 0 atom stereocenters. The van der Waals surface area contributed by atoms with Crippen LogP contribution in [0.15, 0.2) is 24.3 Å². The number of esters is 1. The first-order valence-corrected chi connectivity index (χ1v) is 6.22. The lowest BCUT2D eigenvalue weighted by Gasteiger charge is -2.19. The second-order valence-corrected chi connectivity index (χ2v) is 5.21. The average molecular weight is 287 g/mol. The van der Waals surface area contributed by atoms with Gasteiger partial charge < -0.3 is 14.8 Å². The molecule has 0 bridgehead atoms. The highest BCUT2D eigenvalue weighted by molar-refractivity contribution is 5.72. The van der Waals surface area contributed by atoms with Crippen molar-refractivity contribution in [3.8, 4) is 5.75 Å². The SMILES string of the molecule is CC(C)(C)OC(=O)CNCc1ccc(OC(F)F)cc1. The van der Waals surface area contributed by atoms with E-state index in [9.17, 15) is 13.6 Å². The first-order valence-electron chi connectivity index (χ1n) is 6.22. The summed E-state index contributed by atoms with van der Waals surface area (Å²) in [6.07, 6.45) is 0. The summed E-state index contributed by atoms with van der Waals surface area (Å²) in [4.78, 5) is 11.4. The van der Waals surface area contributed by atoms with Gasteiger partial charge in [0.15, 0.2) is 0 Å². The standard InChI is InChI=1S/C14H19F2NO3/c1-14(2,3)20-12(18)9-17-8-10-4-6-11(7-5-10)19-13(15)16/h4-7,13,17H,8-9H2,1-3H3. The number of ether oxygens (including phenoxy) is 2. The van der Waals surface area contributed by atoms with Gasteiger partial charge in [-0.15, -0.1) is 0 Å². The Labute approximate surface area is 117 Å². The van der Waals surface area contributed by atoms with Crippen molar-refractivity contribution in [2.24, 2.45) is 0 Å². The van der Waals surface area contributed by atoms with Gasteiger partial charge in [0.05, 0.1) is 6.54 Å². The highest BCUT2D eigenvalue weighted by atomic mass is 19.3. The number of hydrogen-bond donors (Lipinski definition) is 1. The third-order valence-electron chi connectivity index (χ3n) is 2.17. The van der Waals surface area contributed by atoms with E-state index in [0.717, 1.165) is 5.56 Å². The summed E-state index contributed by atoms with van der Waals surface area (Å²) in [6, 6.07) is 6.22. The minimum absolute atomic E-state index is 0.0898. The maximum atomic E-state index is 12.0. The van der Waals surface area contributed by atoms with Crippen molar-refractivity contribution in [2.75, 3.05) is 6.54 Å². The number of nitrogens with one attached hydrogen (secondary N) is 1. The minimum Gasteiger partial charge on any atom is -0.459 e. The molecule has 20 heavy (non-hydrogen) atoms. The Morgan fingerprint density at radius 2 is 1.85 bits per heavy atom. The van der Waals surface area contributed by atoms with Crippen molar-refractivity contribution in [3.63, 3.8) is 0 Å². The van der Waals surface area contributed by atoms with Gasteiger partial charge in [-0.1, -0.05) is 12.1 Å². The van der Waals surface area contributed by atoms with Crippen molar-refractivity contribution < 1.29 is 23.0 Å². The maximum absolute atomic E-state index is 12.0. The zero-order valence-corrected chi connectivity index (χ0v) is 11.8. The monoisotopic (exact) mass is 287 g/mol. The quantitative estimate of drug-likeness (QED) is 0.817. The summed E-state index contributed by atoms with van der Waals surface area (Å²) in [7, 11) is 0. The molecule has 1 aromatic rings. The molecule has 1 N–H and O–H groups in total. The van der Waals surface area contributed by atoms with E-state index < -0.39 is 12.2 Å². The molecule has 0 aliphatic carbocycles. The lowest BCUT2D eigenvalue weighted by atomic mass is 10.2. The van der Waals surface area contributed by atoms with Gasteiger partial charge in [0, 0.05) is 6.54 Å². The molecule has 0 spiro atoms. The topological polar surface area (TPSA) is 47.6 Å². The van der Waals surface area contributed by atoms with Crippen LogP contribution in [0.4, 0.5) is 8.78 Å². The van der Waals surface area contributed by atoms with Gasteiger partial charge in [-0.25, -0.2) is 0 Å². The van der Waals surface area contributed by atoms with Gasteiger partial charge in [-0.2, -0.15) is 8.78 Å². The van der Waals surface area contributed by atoms with Crippen LogP contribution in [0.25, 0.3) is 0 Å². The number of carbonyl (C=O) groups is 1. The van der Waals surface area contributed by atoms with Crippen LogP contribution in [0, 0.1) is 0 Å². The zero-order chi connectivity index (χ0) is 15.2. The number of hydrogen-bond acceptors (Lipinski definition) is 4. The molecule has 0 fully saturated rings. The van der Waals surface area contributed by atoms with Crippen molar-refractivity contribution >= 4 is 5.97 Å². The van der Waals surface area contributed by atoms with E-state index in [0.29, 0.717) is 6.54 Å². The fraction of sp³-hybridized carbons (Fsp3) is 0.500. The van der Waals surface area contributed by atoms with E-state index in [1.165, 1.54) is 12.1 Å². The van der Waals surface area contributed by atoms with Crippen molar-refractivity contribution in [3.05, 3.63) is 29.8 Å². The van der Waals surface area contributed by atoms with E-state index in [2.05, 4.69) is 10.1 Å². The van der Waals surface area contributed by atoms with Crippen LogP contribution in [0.3, 0.4) is 0 Å². The molecule has 1 rings (SSSR count). The van der Waals surface area contributed by atoms with Gasteiger partial charge in [0.25, 0.3) is 0 Å². The Balaban J connectivity index is 2.33. The molecule has 0 aliphatic rings. The summed E-state index contributed by atoms with van der Waals surface area (Å²) in [5, 5.41) is 2.92. The molecule has 0 aromatic heterocycles. The van der Waals surface area contributed by atoms with Crippen LogP contribution in [-0.2, 0) is 16.1 Å². The predicted molar refractivity (Wildman–Crippen MR) is 70.6 cm³/mol. The van der Waals surface area contributed by atoms with E-state index in [1.807, 2.05) is 0 Å². The van der Waals surface area contributed by atoms with Crippen molar-refractivity contribution in [2.45, 2.75) is 39.5 Å². The van der Waals surface area contributed by atoms with Crippen molar-refractivity contribution in [1.82, 2.24) is 5.32 Å². The van der Waals surface area contributed by atoms with Crippen LogP contribution >= 0.6 is 0 Å². The Hall–Kier alpha value is -1.69. The summed E-state index contributed by atoms with van der Waals surface area (Å²) >= 11 is 0. The number of benzene rings is 1. The molecular formula is C14H19F2NO3. The van der Waals surface area contributed by atoms with Crippen LogP contribution in [-0.4, -0.2) is 24.7 Å². The number of halogens is 2.